The molecular weight excluding hydrogens is 484 g/mol. The minimum atomic E-state index is -0.692. The number of hydrogen-bond donors (Lipinski definition) is 1. The van der Waals surface area contributed by atoms with Gasteiger partial charge in [-0.2, -0.15) is 0 Å². The lowest BCUT2D eigenvalue weighted by Gasteiger charge is -2.55. The van der Waals surface area contributed by atoms with Crippen LogP contribution in [0, 0.1) is 11.8 Å². The van der Waals surface area contributed by atoms with E-state index in [-0.39, 0.29) is 6.42 Å². The van der Waals surface area contributed by atoms with Crippen molar-refractivity contribution in [3.05, 3.63) is 30.1 Å². The molecule has 212 valence electrons. The summed E-state index contributed by atoms with van der Waals surface area (Å²) in [5.41, 5.74) is 2.49. The van der Waals surface area contributed by atoms with Gasteiger partial charge in [-0.05, 0) is 94.8 Å². The molecule has 2 aliphatic carbocycles. The van der Waals surface area contributed by atoms with Gasteiger partial charge in [0.05, 0.1) is 17.5 Å². The van der Waals surface area contributed by atoms with Gasteiger partial charge in [0.1, 0.15) is 5.82 Å². The summed E-state index contributed by atoms with van der Waals surface area (Å²) in [6.07, 6.45) is 19.5. The normalized spacial score (nSPS) is 34.7. The lowest BCUT2D eigenvalue weighted by Crippen LogP contribution is -2.58. The van der Waals surface area contributed by atoms with Crippen molar-refractivity contribution in [3.8, 4) is 0 Å². The Balaban J connectivity index is 1.12. The lowest BCUT2D eigenvalue weighted by molar-refractivity contribution is -0.137. The van der Waals surface area contributed by atoms with Gasteiger partial charge in [0.15, 0.2) is 0 Å². The second-order valence-electron chi connectivity index (χ2n) is 13.8. The average molecular weight is 533 g/mol. The molecule has 6 heteroatoms. The molecule has 7 rings (SSSR count). The minimum Gasteiger partial charge on any atom is -0.481 e. The summed E-state index contributed by atoms with van der Waals surface area (Å²) in [5, 5.41) is 9.12. The summed E-state index contributed by atoms with van der Waals surface area (Å²) in [4.78, 5) is 21.8. The van der Waals surface area contributed by atoms with Crippen molar-refractivity contribution >= 4 is 17.0 Å². The highest BCUT2D eigenvalue weighted by Gasteiger charge is 2.45. The van der Waals surface area contributed by atoms with E-state index >= 15 is 0 Å². The molecule has 6 nitrogen and oxygen atoms in total. The molecule has 1 N–H and O–H groups in total. The molecule has 0 unspecified atom stereocenters. The molecule has 5 fully saturated rings. The van der Waals surface area contributed by atoms with Crippen molar-refractivity contribution in [2.24, 2.45) is 11.8 Å². The van der Waals surface area contributed by atoms with Gasteiger partial charge in [-0.25, -0.2) is 4.98 Å². The molecule has 4 heterocycles. The number of hydrogen-bond acceptors (Lipinski definition) is 4. The van der Waals surface area contributed by atoms with Crippen LogP contribution in [0.5, 0.6) is 0 Å². The minimum absolute atomic E-state index is 0.243. The molecule has 5 aliphatic rings. The summed E-state index contributed by atoms with van der Waals surface area (Å²) in [6, 6.07) is 11.7. The highest BCUT2D eigenvalue weighted by Crippen LogP contribution is 2.48. The predicted molar refractivity (Wildman–Crippen MR) is 155 cm³/mol. The molecule has 3 saturated heterocycles. The van der Waals surface area contributed by atoms with E-state index in [1.165, 1.54) is 88.4 Å². The first-order chi connectivity index (χ1) is 19.1. The van der Waals surface area contributed by atoms with E-state index in [1.54, 1.807) is 0 Å². The number of carboxylic acid groups (broad SMARTS) is 1. The molecule has 1 aromatic carbocycles. The fourth-order valence-corrected chi connectivity index (χ4v) is 9.71. The standard InChI is InChI=1S/C33H48N4O2/c38-32(39)14-17-35-15-12-25(13-16-35)33-34-30-10-3-4-11-31(30)37(33)29-21-26-8-5-9-27(22-29)36(26)28-19-23-6-1-2-7-24(18-23)20-28/h3-4,10-11,23-29H,1-2,5-9,12-22H2,(H,38,39)/t23-,24+,26-,27+,28-,29+. The zero-order valence-electron chi connectivity index (χ0n) is 23.7. The van der Waals surface area contributed by atoms with Gasteiger partial charge in [0.25, 0.3) is 0 Å². The Morgan fingerprint density at radius 1 is 0.795 bits per heavy atom. The summed E-state index contributed by atoms with van der Waals surface area (Å²) in [7, 11) is 0. The molecule has 0 radical (unpaired) electrons. The first-order valence-corrected chi connectivity index (χ1v) is 16.3. The number of aromatic nitrogens is 2. The quantitative estimate of drug-likeness (QED) is 0.454. The van der Waals surface area contributed by atoms with Crippen molar-refractivity contribution in [1.29, 1.82) is 0 Å². The Labute approximate surface area is 234 Å². The number of rotatable bonds is 6. The SMILES string of the molecule is O=C(O)CCN1CCC(c2nc3ccccc3n2[C@H]2C[C@H]3CCC[C@@H](C2)N3[C@@H]2C[C@@H]3CCCC[C@@H](C3)C2)CC1. The van der Waals surface area contributed by atoms with Crippen molar-refractivity contribution in [1.82, 2.24) is 19.4 Å². The van der Waals surface area contributed by atoms with Gasteiger partial charge in [0.2, 0.25) is 0 Å². The van der Waals surface area contributed by atoms with Gasteiger partial charge in [-0.15, -0.1) is 0 Å². The molecule has 0 amide bonds. The summed E-state index contributed by atoms with van der Waals surface area (Å²) in [5.74, 6) is 3.07. The van der Waals surface area contributed by atoms with Crippen LogP contribution in [0.2, 0.25) is 0 Å². The van der Waals surface area contributed by atoms with Gasteiger partial charge >= 0.3 is 5.97 Å². The van der Waals surface area contributed by atoms with Crippen LogP contribution in [0.1, 0.15) is 114 Å². The van der Waals surface area contributed by atoms with E-state index < -0.39 is 5.97 Å². The van der Waals surface area contributed by atoms with Crippen LogP contribution in [0.3, 0.4) is 0 Å². The number of para-hydroxylation sites is 2. The fraction of sp³-hybridized carbons (Fsp3) is 0.758. The average Bonchev–Trinajstić information content (AvgIpc) is 3.24. The summed E-state index contributed by atoms with van der Waals surface area (Å²) in [6.45, 7) is 2.63. The number of aliphatic carboxylic acids is 1. The van der Waals surface area contributed by atoms with Crippen molar-refractivity contribution in [3.63, 3.8) is 0 Å². The molecule has 3 aliphatic heterocycles. The monoisotopic (exact) mass is 532 g/mol. The number of imidazole rings is 1. The van der Waals surface area contributed by atoms with E-state index in [4.69, 9.17) is 10.1 Å². The number of fused-ring (bicyclic) bond motifs is 5. The molecule has 4 bridgehead atoms. The molecule has 0 spiro atoms. The van der Waals surface area contributed by atoms with E-state index in [9.17, 15) is 4.79 Å². The largest absolute Gasteiger partial charge is 0.481 e. The molecular formula is C33H48N4O2. The zero-order valence-corrected chi connectivity index (χ0v) is 23.7. The highest BCUT2D eigenvalue weighted by molar-refractivity contribution is 5.76. The third kappa shape index (κ3) is 5.28. The number of carbonyl (C=O) groups is 1. The molecule has 6 atom stereocenters. The lowest BCUT2D eigenvalue weighted by atomic mass is 9.73. The first kappa shape index (κ1) is 26.0. The Morgan fingerprint density at radius 2 is 1.49 bits per heavy atom. The predicted octanol–water partition coefficient (Wildman–Crippen LogP) is 6.61. The molecule has 2 saturated carbocycles. The van der Waals surface area contributed by atoms with Crippen LogP contribution in [-0.2, 0) is 4.79 Å². The molecule has 1 aromatic heterocycles. The maximum atomic E-state index is 11.1. The van der Waals surface area contributed by atoms with Crippen molar-refractivity contribution in [2.45, 2.75) is 126 Å². The highest BCUT2D eigenvalue weighted by atomic mass is 16.4. The van der Waals surface area contributed by atoms with E-state index in [1.807, 2.05) is 0 Å². The van der Waals surface area contributed by atoms with Crippen molar-refractivity contribution < 1.29 is 9.90 Å². The van der Waals surface area contributed by atoms with Gasteiger partial charge in [-0.3, -0.25) is 9.69 Å². The second-order valence-corrected chi connectivity index (χ2v) is 13.8. The van der Waals surface area contributed by atoms with Gasteiger partial charge < -0.3 is 14.6 Å². The van der Waals surface area contributed by atoms with E-state index in [2.05, 4.69) is 38.6 Å². The third-order valence-corrected chi connectivity index (χ3v) is 11.4. The van der Waals surface area contributed by atoms with E-state index in [0.29, 0.717) is 18.5 Å². The van der Waals surface area contributed by atoms with Crippen LogP contribution in [0.15, 0.2) is 24.3 Å². The summed E-state index contributed by atoms with van der Waals surface area (Å²) < 4.78 is 2.70. The maximum absolute atomic E-state index is 11.1. The van der Waals surface area contributed by atoms with Crippen LogP contribution in [0.25, 0.3) is 11.0 Å². The summed E-state index contributed by atoms with van der Waals surface area (Å²) >= 11 is 0. The van der Waals surface area contributed by atoms with Gasteiger partial charge in [0, 0.05) is 36.6 Å². The Hall–Kier alpha value is -1.92. The molecule has 2 aromatic rings. The fourth-order valence-electron chi connectivity index (χ4n) is 9.71. The van der Waals surface area contributed by atoms with Crippen LogP contribution in [0.4, 0.5) is 0 Å². The Kier molecular flexibility index (Phi) is 7.44. The van der Waals surface area contributed by atoms with Crippen LogP contribution < -0.4 is 0 Å². The zero-order chi connectivity index (χ0) is 26.3. The number of nitrogens with zero attached hydrogens (tertiary/aromatic N) is 4. The number of piperidine rings is 3. The van der Waals surface area contributed by atoms with Crippen molar-refractivity contribution in [2.75, 3.05) is 19.6 Å². The van der Waals surface area contributed by atoms with Crippen LogP contribution in [-0.4, -0.2) is 68.2 Å². The third-order valence-electron chi connectivity index (χ3n) is 11.4. The van der Waals surface area contributed by atoms with Gasteiger partial charge in [-0.1, -0.05) is 44.2 Å². The Bertz CT molecular complexity index is 1130. The molecule has 39 heavy (non-hydrogen) atoms. The number of likely N-dealkylation sites (tertiary alicyclic amines) is 1. The first-order valence-electron chi connectivity index (χ1n) is 16.3. The Morgan fingerprint density at radius 3 is 2.18 bits per heavy atom. The number of benzene rings is 1. The van der Waals surface area contributed by atoms with Crippen LogP contribution >= 0.6 is 0 Å². The maximum Gasteiger partial charge on any atom is 0.304 e. The number of carboxylic acids is 1. The smallest absolute Gasteiger partial charge is 0.304 e. The van der Waals surface area contributed by atoms with E-state index in [0.717, 1.165) is 61.4 Å². The topological polar surface area (TPSA) is 61.6 Å². The second kappa shape index (κ2) is 11.2.